The molecule has 0 saturated carbocycles. The van der Waals surface area contributed by atoms with Crippen molar-refractivity contribution in [2.75, 3.05) is 13.6 Å². The van der Waals surface area contributed by atoms with Crippen LogP contribution in [0.1, 0.15) is 12.8 Å². The number of nitrogens with zero attached hydrogens (tertiary/aromatic N) is 3. The highest BCUT2D eigenvalue weighted by Crippen LogP contribution is 2.24. The minimum absolute atomic E-state index is 0.384. The topological polar surface area (TPSA) is 79.5 Å². The van der Waals surface area contributed by atoms with Crippen LogP contribution < -0.4 is 0 Å². The summed E-state index contributed by atoms with van der Waals surface area (Å²) >= 11 is 6.08. The van der Waals surface area contributed by atoms with Crippen molar-refractivity contribution in [3.8, 4) is 11.4 Å². The highest BCUT2D eigenvalue weighted by atomic mass is 35.5. The van der Waals surface area contributed by atoms with Crippen LogP contribution in [0.25, 0.3) is 11.4 Å². The normalized spacial score (nSPS) is 12.6. The van der Waals surface area contributed by atoms with E-state index in [-0.39, 0.29) is 0 Å². The van der Waals surface area contributed by atoms with Crippen LogP contribution in [0, 0.1) is 5.92 Å². The molecule has 0 aliphatic heterocycles. The van der Waals surface area contributed by atoms with E-state index in [0.717, 1.165) is 0 Å². The molecule has 0 aliphatic rings. The molecule has 21 heavy (non-hydrogen) atoms. The molecule has 6 nitrogen and oxygen atoms in total. The molecule has 1 aromatic heterocycles. The van der Waals surface area contributed by atoms with Gasteiger partial charge in [-0.1, -0.05) is 35.8 Å². The molecule has 0 bridgehead atoms. The molecule has 1 heterocycles. The van der Waals surface area contributed by atoms with Crippen LogP contribution >= 0.6 is 11.6 Å². The standard InChI is InChI=1S/C14H16ClN3O3/c1-9(14(19)20)7-18(2)8-12-16-13(17-21-12)10-5-3-4-6-11(10)15/h3-6,9H,7-8H2,1-2H3,(H,19,20). The number of carbonyl (C=O) groups is 1. The van der Waals surface area contributed by atoms with E-state index in [9.17, 15) is 4.79 Å². The lowest BCUT2D eigenvalue weighted by Gasteiger charge is -2.16. The van der Waals surface area contributed by atoms with E-state index in [1.807, 2.05) is 23.1 Å². The third-order valence-electron chi connectivity index (χ3n) is 3.00. The minimum Gasteiger partial charge on any atom is -0.481 e. The Morgan fingerprint density at radius 1 is 1.48 bits per heavy atom. The number of carboxylic acids is 1. The maximum absolute atomic E-state index is 10.8. The Morgan fingerprint density at radius 3 is 2.86 bits per heavy atom. The second-order valence-electron chi connectivity index (χ2n) is 4.93. The van der Waals surface area contributed by atoms with E-state index in [0.29, 0.717) is 35.4 Å². The zero-order valence-electron chi connectivity index (χ0n) is 11.8. The fourth-order valence-electron chi connectivity index (χ4n) is 1.91. The van der Waals surface area contributed by atoms with Crippen molar-refractivity contribution >= 4 is 17.6 Å². The average Bonchev–Trinajstić information content (AvgIpc) is 2.87. The highest BCUT2D eigenvalue weighted by Gasteiger charge is 2.17. The summed E-state index contributed by atoms with van der Waals surface area (Å²) in [5.74, 6) is -0.439. The molecule has 112 valence electrons. The summed E-state index contributed by atoms with van der Waals surface area (Å²) in [5, 5.41) is 13.3. The Hall–Kier alpha value is -1.92. The van der Waals surface area contributed by atoms with Gasteiger partial charge >= 0.3 is 5.97 Å². The first-order chi connectivity index (χ1) is 9.97. The summed E-state index contributed by atoms with van der Waals surface area (Å²) in [6.45, 7) is 2.44. The molecule has 1 atom stereocenters. The molecule has 0 radical (unpaired) electrons. The van der Waals surface area contributed by atoms with Gasteiger partial charge in [-0.15, -0.1) is 0 Å². The van der Waals surface area contributed by atoms with Gasteiger partial charge in [-0.05, 0) is 19.2 Å². The molecule has 0 amide bonds. The molecule has 2 aromatic rings. The fourth-order valence-corrected chi connectivity index (χ4v) is 2.13. The number of benzene rings is 1. The molecule has 0 saturated heterocycles. The minimum atomic E-state index is -0.830. The van der Waals surface area contributed by atoms with E-state index in [4.69, 9.17) is 21.2 Å². The second-order valence-corrected chi connectivity index (χ2v) is 5.33. The van der Waals surface area contributed by atoms with Crippen molar-refractivity contribution in [3.63, 3.8) is 0 Å². The van der Waals surface area contributed by atoms with E-state index in [2.05, 4.69) is 10.1 Å². The van der Waals surface area contributed by atoms with E-state index in [1.54, 1.807) is 20.0 Å². The maximum atomic E-state index is 10.8. The van der Waals surface area contributed by atoms with Crippen LogP contribution in [0.5, 0.6) is 0 Å². The number of rotatable bonds is 6. The molecule has 1 N–H and O–H groups in total. The number of hydrogen-bond donors (Lipinski definition) is 1. The van der Waals surface area contributed by atoms with Gasteiger partial charge in [-0.2, -0.15) is 4.98 Å². The molecular weight excluding hydrogens is 294 g/mol. The van der Waals surface area contributed by atoms with E-state index >= 15 is 0 Å². The van der Waals surface area contributed by atoms with Crippen molar-refractivity contribution in [2.24, 2.45) is 5.92 Å². The van der Waals surface area contributed by atoms with Crippen molar-refractivity contribution in [2.45, 2.75) is 13.5 Å². The van der Waals surface area contributed by atoms with Crippen LogP contribution in [0.3, 0.4) is 0 Å². The highest BCUT2D eigenvalue weighted by molar-refractivity contribution is 6.33. The van der Waals surface area contributed by atoms with Crippen molar-refractivity contribution in [1.29, 1.82) is 0 Å². The Balaban J connectivity index is 2.04. The van der Waals surface area contributed by atoms with E-state index < -0.39 is 11.9 Å². The number of halogens is 1. The van der Waals surface area contributed by atoms with Crippen LogP contribution in [0.15, 0.2) is 28.8 Å². The van der Waals surface area contributed by atoms with Gasteiger partial charge in [0.25, 0.3) is 0 Å². The first-order valence-corrected chi connectivity index (χ1v) is 6.84. The lowest BCUT2D eigenvalue weighted by Crippen LogP contribution is -2.28. The third kappa shape index (κ3) is 4.03. The summed E-state index contributed by atoms with van der Waals surface area (Å²) in [7, 11) is 1.80. The van der Waals surface area contributed by atoms with Gasteiger partial charge in [0.15, 0.2) is 0 Å². The number of aromatic nitrogens is 2. The largest absolute Gasteiger partial charge is 0.481 e. The second kappa shape index (κ2) is 6.69. The average molecular weight is 310 g/mol. The predicted molar refractivity (Wildman–Crippen MR) is 77.9 cm³/mol. The van der Waals surface area contributed by atoms with Crippen molar-refractivity contribution < 1.29 is 14.4 Å². The number of aliphatic carboxylic acids is 1. The summed E-state index contributed by atoms with van der Waals surface area (Å²) in [6.07, 6.45) is 0. The zero-order valence-corrected chi connectivity index (χ0v) is 12.5. The van der Waals surface area contributed by atoms with E-state index in [1.165, 1.54) is 0 Å². The molecule has 0 fully saturated rings. The number of carboxylic acid groups (broad SMARTS) is 1. The zero-order chi connectivity index (χ0) is 15.4. The first-order valence-electron chi connectivity index (χ1n) is 6.46. The summed E-state index contributed by atoms with van der Waals surface area (Å²) < 4.78 is 5.18. The molecule has 0 aliphatic carbocycles. The van der Waals surface area contributed by atoms with Gasteiger partial charge in [0.1, 0.15) is 0 Å². The first kappa shape index (κ1) is 15.5. The monoisotopic (exact) mass is 309 g/mol. The lowest BCUT2D eigenvalue weighted by atomic mass is 10.2. The van der Waals surface area contributed by atoms with Gasteiger partial charge in [-0.25, -0.2) is 0 Å². The summed E-state index contributed by atoms with van der Waals surface area (Å²) in [4.78, 5) is 16.9. The molecule has 2 rings (SSSR count). The fraction of sp³-hybridized carbons (Fsp3) is 0.357. The Kier molecular flexibility index (Phi) is 4.93. The summed E-state index contributed by atoms with van der Waals surface area (Å²) in [5.41, 5.74) is 0.704. The van der Waals surface area contributed by atoms with Crippen LogP contribution in [-0.2, 0) is 11.3 Å². The van der Waals surface area contributed by atoms with Crippen LogP contribution in [-0.4, -0.2) is 39.7 Å². The van der Waals surface area contributed by atoms with Gasteiger partial charge in [-0.3, -0.25) is 9.69 Å². The Morgan fingerprint density at radius 2 is 2.19 bits per heavy atom. The van der Waals surface area contributed by atoms with Crippen molar-refractivity contribution in [1.82, 2.24) is 15.0 Å². The Labute approximate surface area is 127 Å². The lowest BCUT2D eigenvalue weighted by molar-refractivity contribution is -0.141. The Bertz CT molecular complexity index is 629. The molecule has 0 spiro atoms. The molecule has 1 aromatic carbocycles. The van der Waals surface area contributed by atoms with Gasteiger partial charge < -0.3 is 9.63 Å². The molecule has 1 unspecified atom stereocenters. The van der Waals surface area contributed by atoms with Gasteiger partial charge in [0.2, 0.25) is 11.7 Å². The van der Waals surface area contributed by atoms with Crippen LogP contribution in [0.4, 0.5) is 0 Å². The van der Waals surface area contributed by atoms with Gasteiger partial charge in [0.05, 0.1) is 17.5 Å². The predicted octanol–water partition coefficient (Wildman–Crippen LogP) is 2.54. The quantitative estimate of drug-likeness (QED) is 0.883. The maximum Gasteiger partial charge on any atom is 0.307 e. The molecular formula is C14H16ClN3O3. The summed E-state index contributed by atoms with van der Waals surface area (Å²) in [6, 6.07) is 7.24. The van der Waals surface area contributed by atoms with Crippen LogP contribution in [0.2, 0.25) is 5.02 Å². The van der Waals surface area contributed by atoms with Gasteiger partial charge in [0, 0.05) is 12.1 Å². The smallest absolute Gasteiger partial charge is 0.307 e. The number of hydrogen-bond acceptors (Lipinski definition) is 5. The SMILES string of the molecule is CC(CN(C)Cc1nc(-c2ccccc2Cl)no1)C(=O)O. The molecule has 7 heteroatoms. The third-order valence-corrected chi connectivity index (χ3v) is 3.32. The van der Waals surface area contributed by atoms with Crippen molar-refractivity contribution in [3.05, 3.63) is 35.2 Å².